The van der Waals surface area contributed by atoms with E-state index in [0.717, 1.165) is 43.5 Å². The van der Waals surface area contributed by atoms with Gasteiger partial charge in [0.2, 0.25) is 5.91 Å². The summed E-state index contributed by atoms with van der Waals surface area (Å²) in [5, 5.41) is 21.0. The number of aliphatic carboxylic acids is 1. The van der Waals surface area contributed by atoms with E-state index < -0.39 is 77.0 Å². The van der Waals surface area contributed by atoms with Crippen molar-refractivity contribution in [3.63, 3.8) is 0 Å². The van der Waals surface area contributed by atoms with E-state index in [1.807, 2.05) is 91.0 Å². The first kappa shape index (κ1) is 53.8. The predicted octanol–water partition coefficient (Wildman–Crippen LogP) is 8.41. The van der Waals surface area contributed by atoms with E-state index in [1.165, 1.54) is 27.2 Å². The number of carbonyl (C=O) groups is 6. The number of carboxylic acid groups (broad SMARTS) is 1. The number of carbonyl (C=O) groups excluding carboxylic acids is 5. The second-order valence-corrected chi connectivity index (χ2v) is 20.0. The molecule has 15 nitrogen and oxygen atoms in total. The number of hydrogen-bond acceptors (Lipinski definition) is 11. The molecule has 0 fully saturated rings. The molecular formula is C57H66N4O11. The van der Waals surface area contributed by atoms with Crippen LogP contribution in [0.3, 0.4) is 0 Å². The Morgan fingerprint density at radius 3 is 1.92 bits per heavy atom. The summed E-state index contributed by atoms with van der Waals surface area (Å²) in [7, 11) is 2.68. The number of benzene rings is 5. The van der Waals surface area contributed by atoms with Crippen molar-refractivity contribution < 1.29 is 52.8 Å². The SMILES string of the molecule is COC(=O)[C@H](Cc1ccc(OC/C=C/C(N[C@@H](Cc2ccc3ccccc3c2)C(=O)O)C(=O)[C@@H](NC(=O)[C@H](C)N(C)C(=O)OC(C)(C)C)C(C)(C)C)cc1)NC(=O)OCC1c2ccccc2-c2ccccc21. The van der Waals surface area contributed by atoms with E-state index in [9.17, 15) is 33.9 Å². The van der Waals surface area contributed by atoms with Crippen LogP contribution in [0.5, 0.6) is 5.75 Å². The summed E-state index contributed by atoms with van der Waals surface area (Å²) in [5.74, 6) is -2.66. The standard InChI is InChI=1S/C57H66N4O11/c1-35(61(8)55(68)72-57(5,6)7)51(63)60-50(56(2,3)4)49(62)46(58-47(52(64)65)33-37-24-27-38-17-10-11-18-39(38)31-37)23-16-30-70-40-28-25-36(26-29-40)32-48(53(66)69-9)59-54(67)71-34-45-43-21-14-12-19-41(43)42-20-13-15-22-44(42)45/h10-29,31,35,45-48,50,58H,30,32-34H2,1-9H3,(H,59,67)(H,60,63)(H,64,65)/b23-16+/t35-,46?,47-,48-,50+/m0/s1. The third-order valence-electron chi connectivity index (χ3n) is 12.5. The molecule has 4 N–H and O–H groups in total. The molecule has 0 aliphatic heterocycles. The molecule has 1 aliphatic carbocycles. The summed E-state index contributed by atoms with van der Waals surface area (Å²) in [5.41, 5.74) is 4.07. The maximum absolute atomic E-state index is 14.7. The van der Waals surface area contributed by atoms with Gasteiger partial charge < -0.3 is 34.7 Å². The maximum Gasteiger partial charge on any atom is 0.410 e. The van der Waals surface area contributed by atoms with Crippen LogP contribution in [0.25, 0.3) is 21.9 Å². The van der Waals surface area contributed by atoms with Crippen molar-refractivity contribution in [3.8, 4) is 16.9 Å². The van der Waals surface area contributed by atoms with Crippen molar-refractivity contribution in [2.24, 2.45) is 5.41 Å². The number of esters is 1. The fraction of sp³-hybridized carbons (Fsp3) is 0.368. The van der Waals surface area contributed by atoms with Crippen molar-refractivity contribution in [2.45, 2.75) is 103 Å². The molecular weight excluding hydrogens is 917 g/mol. The van der Waals surface area contributed by atoms with Crippen LogP contribution in [0.15, 0.2) is 127 Å². The third-order valence-corrected chi connectivity index (χ3v) is 12.5. The minimum atomic E-state index is -1.22. The molecule has 15 heteroatoms. The second-order valence-electron chi connectivity index (χ2n) is 20.0. The zero-order valence-electron chi connectivity index (χ0n) is 42.4. The average molecular weight is 983 g/mol. The van der Waals surface area contributed by atoms with Gasteiger partial charge in [-0.05, 0) is 102 Å². The highest BCUT2D eigenvalue weighted by Gasteiger charge is 2.39. The fourth-order valence-electron chi connectivity index (χ4n) is 8.50. The Kier molecular flexibility index (Phi) is 17.6. The largest absolute Gasteiger partial charge is 0.490 e. The zero-order valence-corrected chi connectivity index (χ0v) is 42.4. The fourth-order valence-corrected chi connectivity index (χ4v) is 8.50. The molecule has 0 heterocycles. The van der Waals surface area contributed by atoms with Crippen LogP contribution in [0, 0.1) is 5.41 Å². The lowest BCUT2D eigenvalue weighted by atomic mass is 9.81. The molecule has 0 spiro atoms. The van der Waals surface area contributed by atoms with Crippen molar-refractivity contribution in [1.29, 1.82) is 0 Å². The summed E-state index contributed by atoms with van der Waals surface area (Å²) in [6.45, 7) is 12.0. The Hall–Kier alpha value is -7.52. The summed E-state index contributed by atoms with van der Waals surface area (Å²) in [6.07, 6.45) is 1.77. The van der Waals surface area contributed by atoms with Crippen molar-refractivity contribution in [1.82, 2.24) is 20.9 Å². The molecule has 72 heavy (non-hydrogen) atoms. The molecule has 3 amide bonds. The minimum Gasteiger partial charge on any atom is -0.490 e. The molecule has 1 aliphatic rings. The number of alkyl carbamates (subject to hydrolysis) is 1. The van der Waals surface area contributed by atoms with Gasteiger partial charge in [0.05, 0.1) is 19.2 Å². The van der Waals surface area contributed by atoms with Gasteiger partial charge in [-0.15, -0.1) is 0 Å². The molecule has 380 valence electrons. The number of amides is 3. The molecule has 5 aromatic rings. The van der Waals surface area contributed by atoms with E-state index >= 15 is 0 Å². The van der Waals surface area contributed by atoms with E-state index in [0.29, 0.717) is 11.3 Å². The number of carboxylic acids is 1. The lowest BCUT2D eigenvalue weighted by Gasteiger charge is -2.35. The molecule has 0 bridgehead atoms. The number of fused-ring (bicyclic) bond motifs is 4. The van der Waals surface area contributed by atoms with Crippen molar-refractivity contribution in [3.05, 3.63) is 150 Å². The number of ether oxygens (including phenoxy) is 4. The summed E-state index contributed by atoms with van der Waals surface area (Å²) < 4.78 is 22.2. The topological polar surface area (TPSA) is 199 Å². The molecule has 6 rings (SSSR count). The van der Waals surface area contributed by atoms with Gasteiger partial charge in [0.15, 0.2) is 5.78 Å². The predicted molar refractivity (Wildman–Crippen MR) is 275 cm³/mol. The quantitative estimate of drug-likeness (QED) is 0.0331. The first-order valence-corrected chi connectivity index (χ1v) is 24.0. The van der Waals surface area contributed by atoms with Gasteiger partial charge in [0.1, 0.15) is 42.7 Å². The highest BCUT2D eigenvalue weighted by atomic mass is 16.6. The number of methoxy groups -OCH3 is 1. The number of rotatable bonds is 20. The molecule has 5 aromatic carbocycles. The first-order chi connectivity index (χ1) is 34.1. The third kappa shape index (κ3) is 14.1. The number of nitrogens with zero attached hydrogens (tertiary/aromatic N) is 1. The lowest BCUT2D eigenvalue weighted by Crippen LogP contribution is -2.60. The number of hydrogen-bond donors (Lipinski definition) is 4. The van der Waals surface area contributed by atoms with Gasteiger partial charge >= 0.3 is 24.1 Å². The van der Waals surface area contributed by atoms with Crippen LogP contribution in [0.2, 0.25) is 0 Å². The maximum atomic E-state index is 14.7. The summed E-state index contributed by atoms with van der Waals surface area (Å²) >= 11 is 0. The first-order valence-electron chi connectivity index (χ1n) is 24.0. The Balaban J connectivity index is 1.13. The number of nitrogens with one attached hydrogen (secondary N) is 3. The van der Waals surface area contributed by atoms with Gasteiger partial charge in [-0.3, -0.25) is 24.6 Å². The van der Waals surface area contributed by atoms with Crippen molar-refractivity contribution >= 4 is 46.6 Å². The van der Waals surface area contributed by atoms with Crippen LogP contribution < -0.4 is 20.7 Å². The number of Topliss-reactive ketones (excluding diaryl/α,β-unsaturated/α-hetero) is 1. The molecule has 1 unspecified atom stereocenters. The molecule has 0 aromatic heterocycles. The monoisotopic (exact) mass is 982 g/mol. The molecule has 0 saturated carbocycles. The highest BCUT2D eigenvalue weighted by molar-refractivity contribution is 5.96. The van der Waals surface area contributed by atoms with Crippen molar-refractivity contribution in [2.75, 3.05) is 27.4 Å². The highest BCUT2D eigenvalue weighted by Crippen LogP contribution is 2.44. The van der Waals surface area contributed by atoms with E-state index in [2.05, 4.69) is 16.0 Å². The van der Waals surface area contributed by atoms with Gasteiger partial charge in [-0.2, -0.15) is 0 Å². The Morgan fingerprint density at radius 2 is 1.32 bits per heavy atom. The Bertz CT molecular complexity index is 2730. The van der Waals surface area contributed by atoms with Crippen LogP contribution >= 0.6 is 0 Å². The zero-order chi connectivity index (χ0) is 52.3. The molecule has 0 saturated heterocycles. The lowest BCUT2D eigenvalue weighted by molar-refractivity contribution is -0.143. The summed E-state index contributed by atoms with van der Waals surface area (Å²) in [6, 6.07) is 30.6. The van der Waals surface area contributed by atoms with Crippen LogP contribution in [-0.4, -0.2) is 109 Å². The van der Waals surface area contributed by atoms with E-state index in [-0.39, 0.29) is 32.0 Å². The van der Waals surface area contributed by atoms with Crippen LogP contribution in [0.1, 0.15) is 76.6 Å². The minimum absolute atomic E-state index is 0.0361. The van der Waals surface area contributed by atoms with Gasteiger partial charge in [0, 0.05) is 19.4 Å². The molecule has 5 atom stereocenters. The van der Waals surface area contributed by atoms with E-state index in [1.54, 1.807) is 71.9 Å². The summed E-state index contributed by atoms with van der Waals surface area (Å²) in [4.78, 5) is 81.3. The Labute approximate surface area is 421 Å². The Morgan fingerprint density at radius 1 is 0.736 bits per heavy atom. The normalized spacial score (nSPS) is 14.5. The van der Waals surface area contributed by atoms with Gasteiger partial charge in [-0.1, -0.05) is 130 Å². The van der Waals surface area contributed by atoms with Gasteiger partial charge in [-0.25, -0.2) is 14.4 Å². The second kappa shape index (κ2) is 23.6. The number of likely N-dealkylation sites (N-methyl/N-ethyl adjacent to an activating group) is 1. The van der Waals surface area contributed by atoms with Crippen LogP contribution in [0.4, 0.5) is 9.59 Å². The number of ketones is 1. The van der Waals surface area contributed by atoms with E-state index in [4.69, 9.17) is 18.9 Å². The average Bonchev–Trinajstić information content (AvgIpc) is 3.67. The molecule has 0 radical (unpaired) electrons. The smallest absolute Gasteiger partial charge is 0.410 e. The van der Waals surface area contributed by atoms with Gasteiger partial charge in [0.25, 0.3) is 0 Å². The van der Waals surface area contributed by atoms with Crippen LogP contribution in [-0.2, 0) is 46.2 Å².